The minimum absolute atomic E-state index is 0.209. The second-order valence-corrected chi connectivity index (χ2v) is 4.77. The van der Waals surface area contributed by atoms with Crippen LogP contribution >= 0.6 is 0 Å². The third-order valence-electron chi connectivity index (χ3n) is 3.08. The standard InChI is InChI=1S/C16H12N6O/c17-8-12-3-1-5-14(7-12)15(23)20-16-19-11-22(21-16)10-13-4-2-6-18-9-13/h1-7,9,11H,10H2,(H,20,21,23). The van der Waals surface area contributed by atoms with E-state index in [1.165, 1.54) is 12.4 Å². The molecule has 0 bridgehead atoms. The number of nitrogens with zero attached hydrogens (tertiary/aromatic N) is 5. The number of rotatable bonds is 4. The Morgan fingerprint density at radius 2 is 2.22 bits per heavy atom. The summed E-state index contributed by atoms with van der Waals surface area (Å²) in [5.74, 6) is -0.150. The molecule has 0 saturated heterocycles. The van der Waals surface area contributed by atoms with Gasteiger partial charge in [-0.25, -0.2) is 9.67 Å². The Bertz CT molecular complexity index is 866. The Morgan fingerprint density at radius 1 is 1.30 bits per heavy atom. The molecular weight excluding hydrogens is 292 g/mol. The third-order valence-corrected chi connectivity index (χ3v) is 3.08. The highest BCUT2D eigenvalue weighted by molar-refractivity contribution is 6.03. The molecule has 0 aliphatic rings. The first-order valence-electron chi connectivity index (χ1n) is 6.84. The number of amides is 1. The van der Waals surface area contributed by atoms with Gasteiger partial charge < -0.3 is 0 Å². The molecule has 0 aliphatic heterocycles. The van der Waals surface area contributed by atoms with Crippen LogP contribution in [0.3, 0.4) is 0 Å². The van der Waals surface area contributed by atoms with Gasteiger partial charge in [0, 0.05) is 18.0 Å². The van der Waals surface area contributed by atoms with Crippen LogP contribution in [0.15, 0.2) is 55.1 Å². The highest BCUT2D eigenvalue weighted by Crippen LogP contribution is 2.07. The van der Waals surface area contributed by atoms with Crippen molar-refractivity contribution < 1.29 is 4.79 Å². The van der Waals surface area contributed by atoms with E-state index < -0.39 is 0 Å². The molecular formula is C16H12N6O. The van der Waals surface area contributed by atoms with Crippen molar-refractivity contribution >= 4 is 11.9 Å². The summed E-state index contributed by atoms with van der Waals surface area (Å²) in [5.41, 5.74) is 1.79. The Morgan fingerprint density at radius 3 is 3.00 bits per heavy atom. The maximum Gasteiger partial charge on any atom is 0.258 e. The molecule has 0 atom stereocenters. The molecule has 7 heteroatoms. The van der Waals surface area contributed by atoms with Gasteiger partial charge in [0.2, 0.25) is 5.95 Å². The fraction of sp³-hybridized carbons (Fsp3) is 0.0625. The van der Waals surface area contributed by atoms with Crippen LogP contribution in [0, 0.1) is 11.3 Å². The van der Waals surface area contributed by atoms with Crippen molar-refractivity contribution in [3.63, 3.8) is 0 Å². The molecule has 0 spiro atoms. The molecule has 0 radical (unpaired) electrons. The second kappa shape index (κ2) is 6.49. The summed E-state index contributed by atoms with van der Waals surface area (Å²) in [4.78, 5) is 20.2. The lowest BCUT2D eigenvalue weighted by Gasteiger charge is -2.02. The third kappa shape index (κ3) is 3.57. The van der Waals surface area contributed by atoms with Crippen molar-refractivity contribution in [3.05, 3.63) is 71.8 Å². The number of aromatic nitrogens is 4. The van der Waals surface area contributed by atoms with Crippen molar-refractivity contribution in [3.8, 4) is 6.07 Å². The van der Waals surface area contributed by atoms with Crippen molar-refractivity contribution in [2.45, 2.75) is 6.54 Å². The molecule has 1 aromatic carbocycles. The number of hydrogen-bond acceptors (Lipinski definition) is 5. The molecule has 0 unspecified atom stereocenters. The van der Waals surface area contributed by atoms with E-state index in [-0.39, 0.29) is 11.9 Å². The van der Waals surface area contributed by atoms with E-state index in [1.807, 2.05) is 18.2 Å². The fourth-order valence-corrected chi connectivity index (χ4v) is 2.01. The van der Waals surface area contributed by atoms with Gasteiger partial charge >= 0.3 is 0 Å². The smallest absolute Gasteiger partial charge is 0.258 e. The lowest BCUT2D eigenvalue weighted by Crippen LogP contribution is -2.13. The number of pyridine rings is 1. The van der Waals surface area contributed by atoms with Crippen LogP contribution in [-0.4, -0.2) is 25.7 Å². The first kappa shape index (κ1) is 14.4. The molecule has 3 aromatic rings. The van der Waals surface area contributed by atoms with E-state index >= 15 is 0 Å². The topological polar surface area (TPSA) is 96.5 Å². The van der Waals surface area contributed by atoms with E-state index in [0.717, 1.165) is 5.56 Å². The Labute approximate surface area is 132 Å². The van der Waals surface area contributed by atoms with Gasteiger partial charge in [-0.2, -0.15) is 5.26 Å². The number of hydrogen-bond donors (Lipinski definition) is 1. The predicted molar refractivity (Wildman–Crippen MR) is 82.5 cm³/mol. The first-order valence-corrected chi connectivity index (χ1v) is 6.84. The van der Waals surface area contributed by atoms with Crippen LogP contribution in [-0.2, 0) is 6.54 Å². The molecule has 2 heterocycles. The van der Waals surface area contributed by atoms with Gasteiger partial charge in [0.25, 0.3) is 5.91 Å². The monoisotopic (exact) mass is 304 g/mol. The number of benzene rings is 1. The zero-order chi connectivity index (χ0) is 16.1. The Balaban J connectivity index is 1.69. The summed E-state index contributed by atoms with van der Waals surface area (Å²) in [6, 6.07) is 12.2. The maximum absolute atomic E-state index is 12.1. The average Bonchev–Trinajstić information content (AvgIpc) is 3.02. The van der Waals surface area contributed by atoms with Gasteiger partial charge in [0.1, 0.15) is 6.33 Å². The molecule has 2 aromatic heterocycles. The highest BCUT2D eigenvalue weighted by Gasteiger charge is 2.10. The maximum atomic E-state index is 12.1. The number of carbonyl (C=O) groups is 1. The Kier molecular flexibility index (Phi) is 4.07. The summed E-state index contributed by atoms with van der Waals surface area (Å²) in [7, 11) is 0. The molecule has 3 rings (SSSR count). The molecule has 0 saturated carbocycles. The van der Waals surface area contributed by atoms with Crippen molar-refractivity contribution in [1.82, 2.24) is 19.7 Å². The van der Waals surface area contributed by atoms with Gasteiger partial charge in [-0.05, 0) is 29.8 Å². The minimum atomic E-state index is -0.360. The second-order valence-electron chi connectivity index (χ2n) is 4.77. The molecule has 0 fully saturated rings. The number of anilines is 1. The van der Waals surface area contributed by atoms with Crippen LogP contribution in [0.5, 0.6) is 0 Å². The van der Waals surface area contributed by atoms with Crippen molar-refractivity contribution in [1.29, 1.82) is 5.26 Å². The van der Waals surface area contributed by atoms with Gasteiger partial charge in [-0.15, -0.1) is 5.10 Å². The lowest BCUT2D eigenvalue weighted by atomic mass is 10.1. The molecule has 0 aliphatic carbocycles. The minimum Gasteiger partial charge on any atom is -0.289 e. The zero-order valence-electron chi connectivity index (χ0n) is 12.0. The number of nitrogens with one attached hydrogen (secondary N) is 1. The summed E-state index contributed by atoms with van der Waals surface area (Å²) in [6.45, 7) is 0.515. The van der Waals surface area contributed by atoms with Crippen LogP contribution < -0.4 is 5.32 Å². The quantitative estimate of drug-likeness (QED) is 0.793. The molecule has 1 N–H and O–H groups in total. The fourth-order valence-electron chi connectivity index (χ4n) is 2.01. The summed E-state index contributed by atoms with van der Waals surface area (Å²) >= 11 is 0. The predicted octanol–water partition coefficient (Wildman–Crippen LogP) is 1.85. The molecule has 1 amide bonds. The van der Waals surface area contributed by atoms with E-state index in [2.05, 4.69) is 20.4 Å². The van der Waals surface area contributed by atoms with Crippen LogP contribution in [0.25, 0.3) is 0 Å². The van der Waals surface area contributed by atoms with Crippen molar-refractivity contribution in [2.24, 2.45) is 0 Å². The van der Waals surface area contributed by atoms with E-state index in [4.69, 9.17) is 5.26 Å². The first-order chi connectivity index (χ1) is 11.2. The van der Waals surface area contributed by atoms with E-state index in [0.29, 0.717) is 17.7 Å². The number of carbonyl (C=O) groups excluding carboxylic acids is 1. The van der Waals surface area contributed by atoms with E-state index in [1.54, 1.807) is 35.3 Å². The van der Waals surface area contributed by atoms with Crippen molar-refractivity contribution in [2.75, 3.05) is 5.32 Å². The normalized spacial score (nSPS) is 10.0. The number of nitriles is 1. The molecule has 7 nitrogen and oxygen atoms in total. The SMILES string of the molecule is N#Cc1cccc(C(=O)Nc2ncn(Cc3cccnc3)n2)c1. The molecule has 112 valence electrons. The average molecular weight is 304 g/mol. The van der Waals surface area contributed by atoms with E-state index in [9.17, 15) is 4.79 Å². The van der Waals surface area contributed by atoms with Crippen LogP contribution in [0.2, 0.25) is 0 Å². The van der Waals surface area contributed by atoms with Gasteiger partial charge in [0.05, 0.1) is 18.2 Å². The lowest BCUT2D eigenvalue weighted by molar-refractivity contribution is 0.102. The highest BCUT2D eigenvalue weighted by atomic mass is 16.1. The summed E-state index contributed by atoms with van der Waals surface area (Å²) in [6.07, 6.45) is 4.98. The van der Waals surface area contributed by atoms with Gasteiger partial charge in [-0.3, -0.25) is 15.1 Å². The van der Waals surface area contributed by atoms with Crippen LogP contribution in [0.4, 0.5) is 5.95 Å². The van der Waals surface area contributed by atoms with Gasteiger partial charge in [0.15, 0.2) is 0 Å². The van der Waals surface area contributed by atoms with Gasteiger partial charge in [-0.1, -0.05) is 12.1 Å². The van der Waals surface area contributed by atoms with Crippen LogP contribution in [0.1, 0.15) is 21.5 Å². The zero-order valence-corrected chi connectivity index (χ0v) is 12.0. The molecule has 23 heavy (non-hydrogen) atoms. The summed E-state index contributed by atoms with van der Waals surface area (Å²) < 4.78 is 1.61. The largest absolute Gasteiger partial charge is 0.289 e. The Hall–Kier alpha value is -3.53. The summed E-state index contributed by atoms with van der Waals surface area (Å²) in [5, 5.41) is 15.7.